The van der Waals surface area contributed by atoms with Crippen molar-refractivity contribution in [1.29, 1.82) is 0 Å². The minimum Gasteiger partial charge on any atom is -0.458 e. The SMILES string of the molecule is CC(C)c1nnn(-c2ccc(F)cc2)c1C=CC1CC(O)CC(=O)O1. The maximum Gasteiger partial charge on any atom is 0.309 e. The van der Waals surface area contributed by atoms with Crippen molar-refractivity contribution >= 4 is 12.0 Å². The molecule has 0 aliphatic carbocycles. The molecule has 1 aliphatic heterocycles. The molecule has 6 nitrogen and oxygen atoms in total. The highest BCUT2D eigenvalue weighted by molar-refractivity contribution is 5.71. The van der Waals surface area contributed by atoms with Crippen molar-refractivity contribution in [2.75, 3.05) is 0 Å². The first kappa shape index (κ1) is 17.3. The summed E-state index contributed by atoms with van der Waals surface area (Å²) >= 11 is 0. The standard InChI is InChI=1S/C18H20FN3O3/c1-11(2)18-16(8-7-15-9-14(23)10-17(24)25-15)22(21-20-18)13-5-3-12(19)4-6-13/h3-8,11,14-15,23H,9-10H2,1-2H3. The fraction of sp³-hybridized carbons (Fsp3) is 0.389. The quantitative estimate of drug-likeness (QED) is 0.862. The number of aromatic nitrogens is 3. The van der Waals surface area contributed by atoms with E-state index in [-0.39, 0.29) is 18.2 Å². The van der Waals surface area contributed by atoms with Crippen LogP contribution in [0.4, 0.5) is 4.39 Å². The molecular formula is C18H20FN3O3. The first-order valence-corrected chi connectivity index (χ1v) is 8.21. The molecule has 1 N–H and O–H groups in total. The number of rotatable bonds is 4. The summed E-state index contributed by atoms with van der Waals surface area (Å²) in [6, 6.07) is 5.96. The van der Waals surface area contributed by atoms with Crippen molar-refractivity contribution < 1.29 is 19.0 Å². The molecule has 0 bridgehead atoms. The van der Waals surface area contributed by atoms with Crippen molar-refractivity contribution in [3.8, 4) is 5.69 Å². The van der Waals surface area contributed by atoms with E-state index in [1.807, 2.05) is 13.8 Å². The van der Waals surface area contributed by atoms with Crippen molar-refractivity contribution in [1.82, 2.24) is 15.0 Å². The second-order valence-corrected chi connectivity index (χ2v) is 6.38. The Kier molecular flexibility index (Phi) is 4.94. The zero-order chi connectivity index (χ0) is 18.0. The van der Waals surface area contributed by atoms with Crippen LogP contribution in [-0.2, 0) is 9.53 Å². The molecule has 2 heterocycles. The summed E-state index contributed by atoms with van der Waals surface area (Å²) in [5.41, 5.74) is 2.20. The van der Waals surface area contributed by atoms with E-state index in [1.54, 1.807) is 29.0 Å². The lowest BCUT2D eigenvalue weighted by Crippen LogP contribution is -2.31. The summed E-state index contributed by atoms with van der Waals surface area (Å²) in [5.74, 6) is -0.607. The number of carbonyl (C=O) groups excluding carboxylic acids is 1. The van der Waals surface area contributed by atoms with Crippen LogP contribution < -0.4 is 0 Å². The smallest absolute Gasteiger partial charge is 0.309 e. The summed E-state index contributed by atoms with van der Waals surface area (Å²) in [4.78, 5) is 11.5. The van der Waals surface area contributed by atoms with Gasteiger partial charge in [0.25, 0.3) is 0 Å². The summed E-state index contributed by atoms with van der Waals surface area (Å²) in [6.07, 6.45) is 2.71. The van der Waals surface area contributed by atoms with Crippen LogP contribution in [0, 0.1) is 5.82 Å². The summed E-state index contributed by atoms with van der Waals surface area (Å²) in [6.45, 7) is 4.00. The van der Waals surface area contributed by atoms with Crippen molar-refractivity contribution in [3.05, 3.63) is 47.5 Å². The van der Waals surface area contributed by atoms with Gasteiger partial charge in [0, 0.05) is 6.42 Å². The van der Waals surface area contributed by atoms with Crippen LogP contribution in [0.5, 0.6) is 0 Å². The Morgan fingerprint density at radius 2 is 2.08 bits per heavy atom. The van der Waals surface area contributed by atoms with Gasteiger partial charge in [-0.2, -0.15) is 0 Å². The van der Waals surface area contributed by atoms with Gasteiger partial charge in [0.05, 0.1) is 29.6 Å². The number of carbonyl (C=O) groups is 1. The molecule has 25 heavy (non-hydrogen) atoms. The number of hydrogen-bond donors (Lipinski definition) is 1. The van der Waals surface area contributed by atoms with Crippen LogP contribution in [0.3, 0.4) is 0 Å². The Labute approximate surface area is 144 Å². The number of halogens is 1. The number of ether oxygens (including phenoxy) is 1. The molecule has 1 fully saturated rings. The van der Waals surface area contributed by atoms with Gasteiger partial charge in [-0.1, -0.05) is 19.1 Å². The fourth-order valence-electron chi connectivity index (χ4n) is 2.77. The van der Waals surface area contributed by atoms with Crippen molar-refractivity contribution in [2.24, 2.45) is 0 Å². The first-order valence-electron chi connectivity index (χ1n) is 8.21. The van der Waals surface area contributed by atoms with E-state index < -0.39 is 18.2 Å². The molecule has 0 saturated carbocycles. The van der Waals surface area contributed by atoms with Gasteiger partial charge in [-0.05, 0) is 42.3 Å². The van der Waals surface area contributed by atoms with Gasteiger partial charge in [0.1, 0.15) is 11.9 Å². The van der Waals surface area contributed by atoms with Crippen LogP contribution in [0.1, 0.15) is 44.0 Å². The third-order valence-corrected chi connectivity index (χ3v) is 4.01. The van der Waals surface area contributed by atoms with Crippen LogP contribution in [-0.4, -0.2) is 38.3 Å². The Morgan fingerprint density at radius 1 is 1.36 bits per heavy atom. The molecule has 1 aromatic carbocycles. The van der Waals surface area contributed by atoms with Gasteiger partial charge in [-0.3, -0.25) is 4.79 Å². The number of hydrogen-bond acceptors (Lipinski definition) is 5. The monoisotopic (exact) mass is 345 g/mol. The third kappa shape index (κ3) is 3.93. The molecule has 2 unspecified atom stereocenters. The molecule has 7 heteroatoms. The lowest BCUT2D eigenvalue weighted by molar-refractivity contribution is -0.156. The molecule has 0 spiro atoms. The van der Waals surface area contributed by atoms with Crippen LogP contribution in [0.2, 0.25) is 0 Å². The lowest BCUT2D eigenvalue weighted by atomic mass is 10.0. The van der Waals surface area contributed by atoms with E-state index in [0.29, 0.717) is 12.1 Å². The van der Waals surface area contributed by atoms with Gasteiger partial charge in [0.15, 0.2) is 0 Å². The fourth-order valence-corrected chi connectivity index (χ4v) is 2.77. The first-order chi connectivity index (χ1) is 11.9. The molecule has 3 rings (SSSR count). The van der Waals surface area contributed by atoms with Crippen LogP contribution >= 0.6 is 0 Å². The molecule has 1 aromatic heterocycles. The number of cyclic esters (lactones) is 1. The highest BCUT2D eigenvalue weighted by atomic mass is 19.1. The predicted octanol–water partition coefficient (Wildman–Crippen LogP) is 2.61. The van der Waals surface area contributed by atoms with Gasteiger partial charge in [-0.25, -0.2) is 9.07 Å². The molecule has 1 aliphatic rings. The van der Waals surface area contributed by atoms with E-state index in [2.05, 4.69) is 10.3 Å². The summed E-state index contributed by atoms with van der Waals surface area (Å²) < 4.78 is 20.0. The Bertz CT molecular complexity index is 783. The second kappa shape index (κ2) is 7.14. The molecular weight excluding hydrogens is 325 g/mol. The Morgan fingerprint density at radius 3 is 2.72 bits per heavy atom. The molecule has 132 valence electrons. The summed E-state index contributed by atoms with van der Waals surface area (Å²) in [5, 5.41) is 18.1. The van der Waals surface area contributed by atoms with Crippen molar-refractivity contribution in [2.45, 2.75) is 44.8 Å². The molecule has 1 saturated heterocycles. The Hall–Kier alpha value is -2.54. The van der Waals surface area contributed by atoms with Crippen LogP contribution in [0.15, 0.2) is 30.3 Å². The lowest BCUT2D eigenvalue weighted by Gasteiger charge is -2.23. The van der Waals surface area contributed by atoms with Gasteiger partial charge in [-0.15, -0.1) is 5.10 Å². The van der Waals surface area contributed by atoms with Gasteiger partial charge in [0.2, 0.25) is 0 Å². The van der Waals surface area contributed by atoms with E-state index in [1.165, 1.54) is 12.1 Å². The van der Waals surface area contributed by atoms with Gasteiger partial charge < -0.3 is 9.84 Å². The topological polar surface area (TPSA) is 77.2 Å². The summed E-state index contributed by atoms with van der Waals surface area (Å²) in [7, 11) is 0. The number of esters is 1. The minimum absolute atomic E-state index is 0.0245. The maximum absolute atomic E-state index is 13.2. The molecule has 2 aromatic rings. The highest BCUT2D eigenvalue weighted by Crippen LogP contribution is 2.23. The van der Waals surface area contributed by atoms with E-state index in [9.17, 15) is 14.3 Å². The molecule has 0 radical (unpaired) electrons. The molecule has 0 amide bonds. The number of benzene rings is 1. The van der Waals surface area contributed by atoms with E-state index in [4.69, 9.17) is 4.74 Å². The van der Waals surface area contributed by atoms with Gasteiger partial charge >= 0.3 is 5.97 Å². The van der Waals surface area contributed by atoms with Crippen molar-refractivity contribution in [3.63, 3.8) is 0 Å². The predicted molar refractivity (Wildman–Crippen MR) is 89.6 cm³/mol. The largest absolute Gasteiger partial charge is 0.458 e. The maximum atomic E-state index is 13.2. The molecule has 2 atom stereocenters. The Balaban J connectivity index is 1.93. The van der Waals surface area contributed by atoms with E-state index >= 15 is 0 Å². The zero-order valence-corrected chi connectivity index (χ0v) is 14.1. The zero-order valence-electron chi connectivity index (χ0n) is 14.1. The highest BCUT2D eigenvalue weighted by Gasteiger charge is 2.25. The second-order valence-electron chi connectivity index (χ2n) is 6.38. The third-order valence-electron chi connectivity index (χ3n) is 4.01. The average molecular weight is 345 g/mol. The normalized spacial score (nSPS) is 21.1. The number of nitrogens with zero attached hydrogens (tertiary/aromatic N) is 3. The minimum atomic E-state index is -0.694. The van der Waals surface area contributed by atoms with E-state index in [0.717, 1.165) is 11.4 Å². The number of aliphatic hydroxyl groups is 1. The van der Waals surface area contributed by atoms with Crippen LogP contribution in [0.25, 0.3) is 11.8 Å². The average Bonchev–Trinajstić information content (AvgIpc) is 2.97. The number of aliphatic hydroxyl groups excluding tert-OH is 1.